The van der Waals surface area contributed by atoms with Gasteiger partial charge in [0, 0.05) is 18.2 Å². The number of carbonyl (C=O) groups excluding carboxylic acids is 4. The van der Waals surface area contributed by atoms with Crippen LogP contribution in [0.5, 0.6) is 0 Å². The first-order valence-corrected chi connectivity index (χ1v) is 16.7. The minimum atomic E-state index is -0.783. The number of ether oxygens (including phenoxy) is 2. The highest BCUT2D eigenvalue weighted by molar-refractivity contribution is 7.09. The number of carbonyl (C=O) groups is 4. The molecular weight excluding hydrogens is 590 g/mol. The Kier molecular flexibility index (Phi) is 14.0. The van der Waals surface area contributed by atoms with Crippen molar-refractivity contribution in [3.05, 3.63) is 76.5 Å². The number of amides is 2. The number of nitrogens with zero attached hydrogens (tertiary/aromatic N) is 1. The number of thiazole rings is 1. The molecule has 1 saturated carbocycles. The third-order valence-electron chi connectivity index (χ3n) is 7.63. The second-order valence-electron chi connectivity index (χ2n) is 12.7. The van der Waals surface area contributed by atoms with Gasteiger partial charge in [0.05, 0.1) is 10.7 Å². The van der Waals surface area contributed by atoms with Crippen LogP contribution in [0.3, 0.4) is 0 Å². The van der Waals surface area contributed by atoms with E-state index in [-0.39, 0.29) is 29.7 Å². The molecule has 45 heavy (non-hydrogen) atoms. The maximum absolute atomic E-state index is 12.8. The summed E-state index contributed by atoms with van der Waals surface area (Å²) in [7, 11) is 0. The Bertz CT molecular complexity index is 1330. The average Bonchev–Trinajstić information content (AvgIpc) is 3.45. The normalized spacial score (nSPS) is 16.9. The van der Waals surface area contributed by atoms with Crippen molar-refractivity contribution in [1.29, 1.82) is 0 Å². The molecule has 1 aromatic heterocycles. The van der Waals surface area contributed by atoms with Crippen molar-refractivity contribution >= 4 is 35.1 Å². The van der Waals surface area contributed by atoms with Gasteiger partial charge in [0.2, 0.25) is 0 Å². The van der Waals surface area contributed by atoms with Crippen LogP contribution in [-0.2, 0) is 36.9 Å². The molecule has 2 N–H and O–H groups in total. The highest BCUT2D eigenvalue weighted by Crippen LogP contribution is 2.32. The van der Waals surface area contributed by atoms with Crippen LogP contribution in [0.2, 0.25) is 0 Å². The Morgan fingerprint density at radius 3 is 2.33 bits per heavy atom. The van der Waals surface area contributed by atoms with Crippen molar-refractivity contribution in [3.8, 4) is 0 Å². The molecule has 1 aliphatic carbocycles. The maximum atomic E-state index is 12.8. The zero-order chi connectivity index (χ0) is 32.8. The van der Waals surface area contributed by atoms with E-state index in [2.05, 4.69) is 28.8 Å². The molecule has 1 heterocycles. The smallest absolute Gasteiger partial charge is 0.354 e. The number of aromatic nitrogens is 1. The number of hydrogen-bond donors (Lipinski definition) is 2. The molecule has 1 fully saturated rings. The lowest BCUT2D eigenvalue weighted by molar-refractivity contribution is -0.155. The fourth-order valence-corrected chi connectivity index (χ4v) is 6.19. The first kappa shape index (κ1) is 35.7. The van der Waals surface area contributed by atoms with Crippen LogP contribution in [0.25, 0.3) is 0 Å². The summed E-state index contributed by atoms with van der Waals surface area (Å²) in [6.07, 6.45) is 11.4. The number of rotatable bonds is 14. The molecule has 2 atom stereocenters. The van der Waals surface area contributed by atoms with Crippen molar-refractivity contribution in [2.75, 3.05) is 0 Å². The van der Waals surface area contributed by atoms with E-state index in [0.29, 0.717) is 18.3 Å². The van der Waals surface area contributed by atoms with Gasteiger partial charge < -0.3 is 20.1 Å². The number of unbranched alkanes of at least 4 members (excludes halogenated alkanes) is 1. The van der Waals surface area contributed by atoms with Gasteiger partial charge in [-0.05, 0) is 51.0 Å². The third kappa shape index (κ3) is 13.4. The first-order valence-electron chi connectivity index (χ1n) is 15.8. The number of nitrogens with one attached hydrogen (secondary N) is 2. The van der Waals surface area contributed by atoms with Crippen molar-refractivity contribution in [1.82, 2.24) is 15.6 Å². The van der Waals surface area contributed by atoms with Gasteiger partial charge in [0.15, 0.2) is 0 Å². The Balaban J connectivity index is 1.38. The van der Waals surface area contributed by atoms with Crippen molar-refractivity contribution in [2.24, 2.45) is 11.8 Å². The summed E-state index contributed by atoms with van der Waals surface area (Å²) < 4.78 is 10.6. The highest BCUT2D eigenvalue weighted by atomic mass is 32.1. The summed E-state index contributed by atoms with van der Waals surface area (Å²) in [4.78, 5) is 54.0. The summed E-state index contributed by atoms with van der Waals surface area (Å²) in [6, 6.07) is 9.12. The van der Waals surface area contributed by atoms with Crippen LogP contribution < -0.4 is 10.6 Å². The fraction of sp³-hybridized carbons (Fsp3) is 0.514. The molecule has 244 valence electrons. The highest BCUT2D eigenvalue weighted by Gasteiger charge is 2.22. The van der Waals surface area contributed by atoms with E-state index in [1.54, 1.807) is 5.38 Å². The summed E-state index contributed by atoms with van der Waals surface area (Å²) in [5.41, 5.74) is 0.0925. The monoisotopic (exact) mass is 637 g/mol. The van der Waals surface area contributed by atoms with E-state index >= 15 is 0 Å². The molecule has 1 aromatic carbocycles. The molecule has 0 aliphatic heterocycles. The quantitative estimate of drug-likeness (QED) is 0.133. The van der Waals surface area contributed by atoms with Gasteiger partial charge in [-0.2, -0.15) is 0 Å². The molecule has 0 radical (unpaired) electrons. The van der Waals surface area contributed by atoms with Crippen LogP contribution in [0, 0.1) is 11.8 Å². The number of esters is 2. The minimum absolute atomic E-state index is 0.0389. The van der Waals surface area contributed by atoms with Gasteiger partial charge in [-0.1, -0.05) is 88.4 Å². The van der Waals surface area contributed by atoms with Crippen LogP contribution in [0.15, 0.2) is 60.3 Å². The van der Waals surface area contributed by atoms with Crippen molar-refractivity contribution < 1.29 is 28.7 Å². The number of benzene rings is 1. The van der Waals surface area contributed by atoms with Gasteiger partial charge in [-0.3, -0.25) is 14.4 Å². The molecule has 0 saturated heterocycles. The number of hydrogen-bond acceptors (Lipinski definition) is 8. The fourth-order valence-electron chi connectivity index (χ4n) is 5.30. The van der Waals surface area contributed by atoms with E-state index in [9.17, 15) is 19.2 Å². The third-order valence-corrected chi connectivity index (χ3v) is 8.50. The molecule has 1 aliphatic rings. The summed E-state index contributed by atoms with van der Waals surface area (Å²) >= 11 is 1.44. The van der Waals surface area contributed by atoms with Crippen molar-refractivity contribution in [3.63, 3.8) is 0 Å². The van der Waals surface area contributed by atoms with E-state index in [0.717, 1.165) is 55.5 Å². The molecule has 3 rings (SSSR count). The molecule has 2 unspecified atom stereocenters. The van der Waals surface area contributed by atoms with Crippen LogP contribution in [0.4, 0.5) is 0 Å². The molecule has 9 nitrogen and oxygen atoms in total. The molecule has 0 bridgehead atoms. The van der Waals surface area contributed by atoms with Crippen molar-refractivity contribution in [2.45, 2.75) is 104 Å². The van der Waals surface area contributed by atoms with Crippen LogP contribution >= 0.6 is 11.3 Å². The van der Waals surface area contributed by atoms with E-state index in [1.165, 1.54) is 30.6 Å². The predicted molar refractivity (Wildman–Crippen MR) is 175 cm³/mol. The summed E-state index contributed by atoms with van der Waals surface area (Å²) in [5, 5.41) is 7.35. The average molecular weight is 638 g/mol. The second-order valence-corrected chi connectivity index (χ2v) is 13.6. The van der Waals surface area contributed by atoms with Gasteiger partial charge in [-0.25, -0.2) is 9.78 Å². The van der Waals surface area contributed by atoms with Crippen LogP contribution in [-0.4, -0.2) is 34.3 Å². The van der Waals surface area contributed by atoms with Crippen LogP contribution in [0.1, 0.15) is 106 Å². The van der Waals surface area contributed by atoms with Gasteiger partial charge in [-0.15, -0.1) is 11.3 Å². The van der Waals surface area contributed by atoms with Gasteiger partial charge in [0.25, 0.3) is 11.8 Å². The Morgan fingerprint density at radius 1 is 0.933 bits per heavy atom. The SMILES string of the molecule is C=C(NC(=O)c1csc(CC2CCCCC(CCCCC(=O)OC(C)(C)C)CC2)n1)C(=O)NC(=C)C(=O)OCc1ccccc1. The zero-order valence-electron chi connectivity index (χ0n) is 26.8. The molecule has 0 spiro atoms. The largest absolute Gasteiger partial charge is 0.460 e. The second kappa shape index (κ2) is 17.6. The van der Waals surface area contributed by atoms with Gasteiger partial charge in [0.1, 0.15) is 23.6 Å². The Morgan fingerprint density at radius 2 is 1.62 bits per heavy atom. The molecular formula is C35H47N3O6S. The Hall–Kier alpha value is -3.79. The molecule has 2 amide bonds. The standard InChI is InChI=1S/C35H47N3O6S/c1-24(32(40)37-25(2)34(42)43-22-28-16-7-6-8-17-28)36-33(41)29-23-45-30(38-29)21-27-15-10-9-13-26(19-20-27)14-11-12-18-31(39)44-35(3,4)5/h6-8,16-17,23,26-27H,1-2,9-15,18-22H2,3-5H3,(H,36,41)(H,37,40). The maximum Gasteiger partial charge on any atom is 0.354 e. The van der Waals surface area contributed by atoms with E-state index < -0.39 is 23.4 Å². The lowest BCUT2D eigenvalue weighted by Gasteiger charge is -2.24. The van der Waals surface area contributed by atoms with E-state index in [4.69, 9.17) is 9.47 Å². The lowest BCUT2D eigenvalue weighted by atomic mass is 9.82. The summed E-state index contributed by atoms with van der Waals surface area (Å²) in [5.74, 6) is -1.04. The first-order chi connectivity index (χ1) is 21.4. The topological polar surface area (TPSA) is 124 Å². The van der Waals surface area contributed by atoms with E-state index in [1.807, 2.05) is 51.1 Å². The predicted octanol–water partition coefficient (Wildman–Crippen LogP) is 6.79. The summed E-state index contributed by atoms with van der Waals surface area (Å²) in [6.45, 7) is 12.9. The lowest BCUT2D eigenvalue weighted by Crippen LogP contribution is -2.35. The van der Waals surface area contributed by atoms with Gasteiger partial charge >= 0.3 is 11.9 Å². The Labute approximate surface area is 270 Å². The molecule has 2 aromatic rings. The molecule has 10 heteroatoms. The minimum Gasteiger partial charge on any atom is -0.460 e. The zero-order valence-corrected chi connectivity index (χ0v) is 27.6.